The van der Waals surface area contributed by atoms with Gasteiger partial charge in [-0.05, 0) is 29.8 Å². The van der Waals surface area contributed by atoms with Crippen LogP contribution in [-0.4, -0.2) is 33.6 Å². The first-order valence-electron chi connectivity index (χ1n) is 5.24. The van der Waals surface area contributed by atoms with Gasteiger partial charge in [0.1, 0.15) is 4.47 Å². The Kier molecular flexibility index (Phi) is 4.67. The van der Waals surface area contributed by atoms with E-state index in [0.717, 1.165) is 0 Å². The number of hydrogen-bond acceptors (Lipinski definition) is 5. The Morgan fingerprint density at radius 1 is 1.65 bits per heavy atom. The molecule has 17 heavy (non-hydrogen) atoms. The van der Waals surface area contributed by atoms with Gasteiger partial charge in [0.05, 0.1) is 25.0 Å². The fourth-order valence-electron chi connectivity index (χ4n) is 1.17. The van der Waals surface area contributed by atoms with E-state index in [1.807, 2.05) is 13.8 Å². The van der Waals surface area contributed by atoms with Crippen molar-refractivity contribution in [3.05, 3.63) is 21.0 Å². The van der Waals surface area contributed by atoms with Crippen LogP contribution in [0, 0.1) is 0 Å². The minimum atomic E-state index is -0.376. The molecule has 4 N–H and O–H groups in total. The summed E-state index contributed by atoms with van der Waals surface area (Å²) in [5.74, 6) is 0. The zero-order valence-electron chi connectivity index (χ0n) is 9.90. The van der Waals surface area contributed by atoms with Crippen LogP contribution < -0.4 is 16.6 Å². The van der Waals surface area contributed by atoms with E-state index in [1.165, 1.54) is 10.9 Å². The quantitative estimate of drug-likeness (QED) is 0.720. The van der Waals surface area contributed by atoms with Crippen LogP contribution in [0.3, 0.4) is 0 Å². The molecule has 0 atom stereocenters. The Morgan fingerprint density at radius 3 is 2.82 bits per heavy atom. The lowest BCUT2D eigenvalue weighted by atomic mass is 10.1. The van der Waals surface area contributed by atoms with Crippen LogP contribution in [0.4, 0.5) is 5.69 Å². The Bertz CT molecular complexity index is 439. The van der Waals surface area contributed by atoms with Gasteiger partial charge in [0, 0.05) is 12.1 Å². The van der Waals surface area contributed by atoms with Crippen molar-refractivity contribution in [1.82, 2.24) is 9.78 Å². The summed E-state index contributed by atoms with van der Waals surface area (Å²) in [5, 5.41) is 15.8. The SMILES string of the molecule is CC(C)(N)CNc1cnn(CCO)c(=O)c1Br. The zero-order valence-corrected chi connectivity index (χ0v) is 11.5. The highest BCUT2D eigenvalue weighted by molar-refractivity contribution is 9.10. The number of aliphatic hydroxyl groups excluding tert-OH is 1. The summed E-state index contributed by atoms with van der Waals surface area (Å²) in [7, 11) is 0. The monoisotopic (exact) mass is 304 g/mol. The summed E-state index contributed by atoms with van der Waals surface area (Å²) in [4.78, 5) is 11.8. The molecule has 0 aliphatic carbocycles. The Hall–Kier alpha value is -0.920. The Morgan fingerprint density at radius 2 is 2.29 bits per heavy atom. The van der Waals surface area contributed by atoms with Gasteiger partial charge in [-0.2, -0.15) is 5.10 Å². The molecule has 0 radical (unpaired) electrons. The number of aromatic nitrogens is 2. The smallest absolute Gasteiger partial charge is 0.283 e. The normalized spacial score (nSPS) is 11.6. The van der Waals surface area contributed by atoms with Crippen LogP contribution in [-0.2, 0) is 6.54 Å². The molecule has 0 aliphatic rings. The molecule has 1 aromatic heterocycles. The van der Waals surface area contributed by atoms with E-state index in [4.69, 9.17) is 10.8 Å². The molecule has 0 fully saturated rings. The fourth-order valence-corrected chi connectivity index (χ4v) is 1.61. The standard InChI is InChI=1S/C10H17BrN4O2/c1-10(2,12)6-13-7-5-14-15(3-4-16)9(17)8(7)11/h5,13,16H,3-4,6,12H2,1-2H3. The molecule has 6 nitrogen and oxygen atoms in total. The number of nitrogens with one attached hydrogen (secondary N) is 1. The van der Waals surface area contributed by atoms with Gasteiger partial charge in [0.25, 0.3) is 5.56 Å². The maximum atomic E-state index is 11.8. The molecule has 1 heterocycles. The van der Waals surface area contributed by atoms with Gasteiger partial charge >= 0.3 is 0 Å². The second-order valence-electron chi connectivity index (χ2n) is 4.47. The van der Waals surface area contributed by atoms with Crippen LogP contribution in [0.15, 0.2) is 15.5 Å². The topological polar surface area (TPSA) is 93.2 Å². The lowest BCUT2D eigenvalue weighted by Crippen LogP contribution is -2.40. The van der Waals surface area contributed by atoms with Crippen LogP contribution in [0.1, 0.15) is 13.8 Å². The minimum Gasteiger partial charge on any atom is -0.394 e. The summed E-state index contributed by atoms with van der Waals surface area (Å²) in [5.41, 5.74) is 5.78. The van der Waals surface area contributed by atoms with Gasteiger partial charge in [0.2, 0.25) is 0 Å². The fraction of sp³-hybridized carbons (Fsp3) is 0.600. The molecule has 0 spiro atoms. The molecule has 0 amide bonds. The summed E-state index contributed by atoms with van der Waals surface area (Å²) in [6.07, 6.45) is 1.53. The van der Waals surface area contributed by atoms with Gasteiger partial charge in [0.15, 0.2) is 0 Å². The molecular weight excluding hydrogens is 288 g/mol. The van der Waals surface area contributed by atoms with E-state index in [1.54, 1.807) is 0 Å². The number of hydrogen-bond donors (Lipinski definition) is 3. The van der Waals surface area contributed by atoms with Crippen molar-refractivity contribution >= 4 is 21.6 Å². The molecule has 7 heteroatoms. The van der Waals surface area contributed by atoms with Crippen LogP contribution in [0.5, 0.6) is 0 Å². The molecule has 0 saturated heterocycles. The van der Waals surface area contributed by atoms with Gasteiger partial charge in [-0.25, -0.2) is 4.68 Å². The van der Waals surface area contributed by atoms with E-state index >= 15 is 0 Å². The van der Waals surface area contributed by atoms with Gasteiger partial charge in [-0.3, -0.25) is 4.79 Å². The predicted octanol–water partition coefficient (Wildman–Crippen LogP) is 0.147. The average molecular weight is 305 g/mol. The van der Waals surface area contributed by atoms with Crippen molar-refractivity contribution in [2.45, 2.75) is 25.9 Å². The van der Waals surface area contributed by atoms with E-state index in [9.17, 15) is 4.79 Å². The summed E-state index contributed by atoms with van der Waals surface area (Å²) in [6, 6.07) is 0. The van der Waals surface area contributed by atoms with Gasteiger partial charge < -0.3 is 16.2 Å². The highest BCUT2D eigenvalue weighted by Gasteiger charge is 2.13. The lowest BCUT2D eigenvalue weighted by molar-refractivity contribution is 0.266. The van der Waals surface area contributed by atoms with Gasteiger partial charge in [-0.15, -0.1) is 0 Å². The van der Waals surface area contributed by atoms with E-state index in [0.29, 0.717) is 16.7 Å². The van der Waals surface area contributed by atoms with Crippen molar-refractivity contribution in [2.24, 2.45) is 5.73 Å². The number of rotatable bonds is 5. The first kappa shape index (κ1) is 14.1. The average Bonchev–Trinajstić information content (AvgIpc) is 2.23. The molecule has 96 valence electrons. The van der Waals surface area contributed by atoms with E-state index in [2.05, 4.69) is 26.3 Å². The lowest BCUT2D eigenvalue weighted by Gasteiger charge is -2.20. The number of aliphatic hydroxyl groups is 1. The number of nitrogens with two attached hydrogens (primary N) is 1. The first-order valence-corrected chi connectivity index (χ1v) is 6.03. The van der Waals surface area contributed by atoms with Crippen LogP contribution in [0.2, 0.25) is 0 Å². The largest absolute Gasteiger partial charge is 0.394 e. The van der Waals surface area contributed by atoms with Crippen molar-refractivity contribution in [3.63, 3.8) is 0 Å². The molecule has 0 bridgehead atoms. The third-order valence-electron chi connectivity index (χ3n) is 2.03. The Labute approximate surface area is 108 Å². The molecule has 1 aromatic rings. The zero-order chi connectivity index (χ0) is 13.1. The Balaban J connectivity index is 2.89. The molecule has 1 rings (SSSR count). The van der Waals surface area contributed by atoms with Crippen LogP contribution >= 0.6 is 15.9 Å². The van der Waals surface area contributed by atoms with Crippen LogP contribution in [0.25, 0.3) is 0 Å². The summed E-state index contributed by atoms with van der Waals surface area (Å²) < 4.78 is 1.59. The van der Waals surface area contributed by atoms with E-state index in [-0.39, 0.29) is 24.2 Å². The number of nitrogens with zero attached hydrogens (tertiary/aromatic N) is 2. The summed E-state index contributed by atoms with van der Waals surface area (Å²) >= 11 is 3.21. The van der Waals surface area contributed by atoms with Gasteiger partial charge in [-0.1, -0.05) is 0 Å². The number of halogens is 1. The predicted molar refractivity (Wildman–Crippen MR) is 70.0 cm³/mol. The summed E-state index contributed by atoms with van der Waals surface area (Å²) in [6.45, 7) is 4.35. The molecule has 0 aliphatic heterocycles. The van der Waals surface area contributed by atoms with E-state index < -0.39 is 0 Å². The maximum absolute atomic E-state index is 11.8. The molecular formula is C10H17BrN4O2. The molecule has 0 unspecified atom stereocenters. The third-order valence-corrected chi connectivity index (χ3v) is 2.80. The number of anilines is 1. The minimum absolute atomic E-state index is 0.123. The first-order chi connectivity index (χ1) is 7.85. The highest BCUT2D eigenvalue weighted by Crippen LogP contribution is 2.16. The maximum Gasteiger partial charge on any atom is 0.283 e. The van der Waals surface area contributed by atoms with Crippen molar-refractivity contribution in [2.75, 3.05) is 18.5 Å². The third kappa shape index (κ3) is 4.10. The van der Waals surface area contributed by atoms with Crippen molar-refractivity contribution < 1.29 is 5.11 Å². The van der Waals surface area contributed by atoms with Crippen molar-refractivity contribution in [1.29, 1.82) is 0 Å². The second-order valence-corrected chi connectivity index (χ2v) is 5.26. The van der Waals surface area contributed by atoms with Crippen molar-refractivity contribution in [3.8, 4) is 0 Å². The molecule has 0 saturated carbocycles. The molecule has 0 aromatic carbocycles. The second kappa shape index (κ2) is 5.61. The highest BCUT2D eigenvalue weighted by atomic mass is 79.9.